The minimum Gasteiger partial charge on any atom is -0.493 e. The average molecular weight is 383 g/mol. The van der Waals surface area contributed by atoms with Crippen molar-refractivity contribution >= 4 is 28.1 Å². The molecule has 1 amide bonds. The zero-order chi connectivity index (χ0) is 19.1. The van der Waals surface area contributed by atoms with Crippen molar-refractivity contribution in [3.8, 4) is 11.5 Å². The number of hydrogen-bond acceptors (Lipinski definition) is 6. The molecule has 0 aliphatic heterocycles. The number of nitrogens with one attached hydrogen (secondary N) is 2. The number of carbonyl (C=O) groups excluding carboxylic acids is 1. The highest BCUT2D eigenvalue weighted by Gasteiger charge is 2.13. The molecule has 0 aliphatic rings. The summed E-state index contributed by atoms with van der Waals surface area (Å²) in [6.07, 6.45) is 1.74. The van der Waals surface area contributed by atoms with Crippen LogP contribution in [0, 0.1) is 6.92 Å². The van der Waals surface area contributed by atoms with Gasteiger partial charge in [0, 0.05) is 29.4 Å². The second kappa shape index (κ2) is 9.05. The Labute approximate surface area is 162 Å². The fourth-order valence-electron chi connectivity index (χ4n) is 2.48. The second-order valence-corrected chi connectivity index (χ2v) is 6.74. The third-order valence-corrected chi connectivity index (χ3v) is 4.56. The predicted octanol–water partition coefficient (Wildman–Crippen LogP) is 4.09. The highest BCUT2D eigenvalue weighted by molar-refractivity contribution is 7.13. The summed E-state index contributed by atoms with van der Waals surface area (Å²) in [5.74, 6) is 0.892. The number of aromatic nitrogens is 1. The van der Waals surface area contributed by atoms with Gasteiger partial charge in [-0.05, 0) is 25.1 Å². The molecule has 2 N–H and O–H groups in total. The number of methoxy groups -OCH3 is 1. The van der Waals surface area contributed by atoms with Crippen molar-refractivity contribution in [1.29, 1.82) is 0 Å². The molecule has 6 nitrogen and oxygen atoms in total. The number of carbonyl (C=O) groups is 1. The molecule has 1 aromatic heterocycles. The van der Waals surface area contributed by atoms with Crippen LogP contribution in [0.5, 0.6) is 11.5 Å². The summed E-state index contributed by atoms with van der Waals surface area (Å²) in [4.78, 5) is 16.4. The lowest BCUT2D eigenvalue weighted by atomic mass is 10.2. The number of amides is 1. The molecule has 140 valence electrons. The van der Waals surface area contributed by atoms with Gasteiger partial charge < -0.3 is 20.1 Å². The molecule has 3 aromatic rings. The summed E-state index contributed by atoms with van der Waals surface area (Å²) in [6, 6.07) is 13.2. The lowest BCUT2D eigenvalue weighted by Crippen LogP contribution is -2.21. The van der Waals surface area contributed by atoms with Gasteiger partial charge in [-0.2, -0.15) is 0 Å². The third-order valence-electron chi connectivity index (χ3n) is 3.83. The van der Waals surface area contributed by atoms with E-state index in [4.69, 9.17) is 9.47 Å². The molecule has 1 heterocycles. The minimum absolute atomic E-state index is 0.113. The number of thiazole rings is 1. The van der Waals surface area contributed by atoms with Crippen molar-refractivity contribution in [2.24, 2.45) is 0 Å². The monoisotopic (exact) mass is 383 g/mol. The number of para-hydroxylation sites is 1. The van der Waals surface area contributed by atoms with E-state index in [9.17, 15) is 4.79 Å². The number of nitrogens with zero attached hydrogens (tertiary/aromatic N) is 1. The van der Waals surface area contributed by atoms with E-state index in [2.05, 4.69) is 15.6 Å². The summed E-state index contributed by atoms with van der Waals surface area (Å²) in [5, 5.41) is 8.78. The average Bonchev–Trinajstić information content (AvgIpc) is 3.20. The van der Waals surface area contributed by atoms with Gasteiger partial charge in [0.25, 0.3) is 5.91 Å². The van der Waals surface area contributed by atoms with E-state index in [1.165, 1.54) is 11.3 Å². The van der Waals surface area contributed by atoms with Gasteiger partial charge in [-0.3, -0.25) is 4.79 Å². The Kier molecular flexibility index (Phi) is 6.27. The highest BCUT2D eigenvalue weighted by atomic mass is 32.1. The first kappa shape index (κ1) is 18.7. The van der Waals surface area contributed by atoms with Gasteiger partial charge in [0.1, 0.15) is 0 Å². The maximum Gasteiger partial charge on any atom is 0.262 e. The number of benzene rings is 2. The van der Waals surface area contributed by atoms with Crippen LogP contribution >= 0.6 is 11.3 Å². The molecule has 0 spiro atoms. The lowest BCUT2D eigenvalue weighted by Gasteiger charge is -2.15. The molecule has 0 radical (unpaired) electrons. The Hall–Kier alpha value is -3.06. The molecule has 0 aliphatic carbocycles. The quantitative estimate of drug-likeness (QED) is 0.613. The Balaban J connectivity index is 1.65. The minimum atomic E-state index is -0.233. The number of ether oxygens (including phenoxy) is 2. The van der Waals surface area contributed by atoms with Crippen molar-refractivity contribution in [3.05, 3.63) is 65.2 Å². The van der Waals surface area contributed by atoms with Crippen LogP contribution in [0.15, 0.2) is 54.0 Å². The summed E-state index contributed by atoms with van der Waals surface area (Å²) >= 11 is 1.52. The highest BCUT2D eigenvalue weighted by Crippen LogP contribution is 2.31. The molecule has 0 saturated carbocycles. The van der Waals surface area contributed by atoms with Crippen LogP contribution in [-0.2, 0) is 11.3 Å². The van der Waals surface area contributed by atoms with E-state index in [1.807, 2.05) is 48.7 Å². The van der Waals surface area contributed by atoms with Crippen LogP contribution in [0.4, 0.5) is 10.8 Å². The van der Waals surface area contributed by atoms with E-state index >= 15 is 0 Å². The van der Waals surface area contributed by atoms with Gasteiger partial charge in [-0.15, -0.1) is 11.3 Å². The number of rotatable bonds is 8. The van der Waals surface area contributed by atoms with Crippen LogP contribution in [-0.4, -0.2) is 24.6 Å². The normalized spacial score (nSPS) is 10.3. The number of aryl methyl sites for hydroxylation is 1. The first-order chi connectivity index (χ1) is 13.2. The maximum absolute atomic E-state index is 12.2. The summed E-state index contributed by atoms with van der Waals surface area (Å²) in [6.45, 7) is 2.40. The fraction of sp³-hybridized carbons (Fsp3) is 0.200. The van der Waals surface area contributed by atoms with Crippen molar-refractivity contribution in [2.75, 3.05) is 24.4 Å². The van der Waals surface area contributed by atoms with Crippen LogP contribution in [0.3, 0.4) is 0 Å². The van der Waals surface area contributed by atoms with E-state index in [-0.39, 0.29) is 12.5 Å². The lowest BCUT2D eigenvalue weighted by molar-refractivity contribution is -0.118. The number of hydrogen-bond donors (Lipinski definition) is 2. The molecule has 0 fully saturated rings. The van der Waals surface area contributed by atoms with Crippen LogP contribution < -0.4 is 20.1 Å². The van der Waals surface area contributed by atoms with E-state index < -0.39 is 0 Å². The van der Waals surface area contributed by atoms with Crippen molar-refractivity contribution < 1.29 is 14.3 Å². The molecule has 7 heteroatoms. The first-order valence-corrected chi connectivity index (χ1v) is 9.32. The SMILES string of the molecule is COc1cccc(CNc2nccs2)c1OCC(=O)Nc1ccc(C)cc1. The molecule has 3 rings (SSSR count). The zero-order valence-corrected chi connectivity index (χ0v) is 16.0. The van der Waals surface area contributed by atoms with Crippen molar-refractivity contribution in [2.45, 2.75) is 13.5 Å². The van der Waals surface area contributed by atoms with E-state index in [0.29, 0.717) is 18.0 Å². The van der Waals surface area contributed by atoms with E-state index in [0.717, 1.165) is 21.9 Å². The maximum atomic E-state index is 12.2. The van der Waals surface area contributed by atoms with Gasteiger partial charge in [0.05, 0.1) is 7.11 Å². The molecule has 27 heavy (non-hydrogen) atoms. The Bertz CT molecular complexity index is 880. The van der Waals surface area contributed by atoms with Gasteiger partial charge in [-0.1, -0.05) is 29.8 Å². The van der Waals surface area contributed by atoms with Gasteiger partial charge in [0.15, 0.2) is 23.2 Å². The van der Waals surface area contributed by atoms with Crippen LogP contribution in [0.25, 0.3) is 0 Å². The summed E-state index contributed by atoms with van der Waals surface area (Å²) in [7, 11) is 1.58. The van der Waals surface area contributed by atoms with Crippen LogP contribution in [0.2, 0.25) is 0 Å². The standard InChI is InChI=1S/C20H21N3O3S/c1-14-6-8-16(9-7-14)23-18(24)13-26-19-15(4-3-5-17(19)25-2)12-22-20-21-10-11-27-20/h3-11H,12-13H2,1-2H3,(H,21,22)(H,23,24). The first-order valence-electron chi connectivity index (χ1n) is 8.44. The second-order valence-electron chi connectivity index (χ2n) is 5.84. The predicted molar refractivity (Wildman–Crippen MR) is 108 cm³/mol. The zero-order valence-electron chi connectivity index (χ0n) is 15.2. The smallest absolute Gasteiger partial charge is 0.262 e. The molecule has 0 bridgehead atoms. The molecular formula is C20H21N3O3S. The third kappa shape index (κ3) is 5.21. The van der Waals surface area contributed by atoms with Crippen LogP contribution in [0.1, 0.15) is 11.1 Å². The van der Waals surface area contributed by atoms with E-state index in [1.54, 1.807) is 19.4 Å². The molecular weight excluding hydrogens is 362 g/mol. The van der Waals surface area contributed by atoms with Gasteiger partial charge in [-0.25, -0.2) is 4.98 Å². The summed E-state index contributed by atoms with van der Waals surface area (Å²) in [5.41, 5.74) is 2.75. The Morgan fingerprint density at radius 1 is 1.19 bits per heavy atom. The van der Waals surface area contributed by atoms with Crippen molar-refractivity contribution in [1.82, 2.24) is 4.98 Å². The molecule has 0 unspecified atom stereocenters. The molecule has 0 saturated heterocycles. The Morgan fingerprint density at radius 2 is 2.00 bits per heavy atom. The molecule has 2 aromatic carbocycles. The van der Waals surface area contributed by atoms with Gasteiger partial charge >= 0.3 is 0 Å². The summed E-state index contributed by atoms with van der Waals surface area (Å²) < 4.78 is 11.2. The topological polar surface area (TPSA) is 72.5 Å². The van der Waals surface area contributed by atoms with Crippen molar-refractivity contribution in [3.63, 3.8) is 0 Å². The largest absolute Gasteiger partial charge is 0.493 e. The molecule has 0 atom stereocenters. The fourth-order valence-corrected chi connectivity index (χ4v) is 3.01. The van der Waals surface area contributed by atoms with Gasteiger partial charge in [0.2, 0.25) is 0 Å². The Morgan fingerprint density at radius 3 is 2.70 bits per heavy atom. The number of anilines is 2.